The molecule has 2 amide bonds. The molecule has 1 aliphatic rings. The van der Waals surface area contributed by atoms with E-state index in [2.05, 4.69) is 16.0 Å². The molecule has 0 saturated heterocycles. The van der Waals surface area contributed by atoms with E-state index >= 15 is 0 Å². The highest BCUT2D eigenvalue weighted by molar-refractivity contribution is 5.96. The van der Waals surface area contributed by atoms with Crippen LogP contribution in [0.15, 0.2) is 24.3 Å². The molecule has 6 heteroatoms. The van der Waals surface area contributed by atoms with E-state index in [0.717, 1.165) is 12.8 Å². The molecule has 0 spiro atoms. The number of likely N-dealkylation sites (N-methyl/N-ethyl adjacent to an activating group) is 1. The Bertz CT molecular complexity index is 444. The van der Waals surface area contributed by atoms with Crippen LogP contribution in [0, 0.1) is 0 Å². The minimum Gasteiger partial charge on any atom is -0.349 e. The number of nitrogens with one attached hydrogen (secondary N) is 3. The van der Waals surface area contributed by atoms with Gasteiger partial charge in [-0.1, -0.05) is 0 Å². The van der Waals surface area contributed by atoms with E-state index in [1.807, 2.05) is 0 Å². The lowest BCUT2D eigenvalue weighted by molar-refractivity contribution is -0.115. The monoisotopic (exact) mass is 283 g/mol. The normalized spacial score (nSPS) is 13.3. The van der Waals surface area contributed by atoms with Gasteiger partial charge in [0.15, 0.2) is 0 Å². The topological polar surface area (TPSA) is 70.2 Å². The molecule has 0 heterocycles. The van der Waals surface area contributed by atoms with Crippen LogP contribution in [0.3, 0.4) is 0 Å². The first-order chi connectivity index (χ1) is 8.69. The Morgan fingerprint density at radius 2 is 1.84 bits per heavy atom. The quantitative estimate of drug-likeness (QED) is 0.759. The van der Waals surface area contributed by atoms with Gasteiger partial charge >= 0.3 is 0 Å². The summed E-state index contributed by atoms with van der Waals surface area (Å²) >= 11 is 0. The summed E-state index contributed by atoms with van der Waals surface area (Å²) in [7, 11) is 1.71. The van der Waals surface area contributed by atoms with Gasteiger partial charge in [-0.3, -0.25) is 9.59 Å². The lowest BCUT2D eigenvalue weighted by Gasteiger charge is -2.06. The molecule has 3 N–H and O–H groups in total. The fourth-order valence-corrected chi connectivity index (χ4v) is 1.57. The summed E-state index contributed by atoms with van der Waals surface area (Å²) in [5, 5.41) is 8.41. The molecule has 1 aromatic carbocycles. The molecule has 0 radical (unpaired) electrons. The van der Waals surface area contributed by atoms with Crippen LogP contribution in [0.1, 0.15) is 23.2 Å². The third-order valence-corrected chi connectivity index (χ3v) is 2.68. The van der Waals surface area contributed by atoms with Gasteiger partial charge < -0.3 is 16.0 Å². The Hall–Kier alpha value is -1.59. The Kier molecular flexibility index (Phi) is 5.79. The predicted octanol–water partition coefficient (Wildman–Crippen LogP) is 1.16. The Morgan fingerprint density at radius 3 is 2.37 bits per heavy atom. The first kappa shape index (κ1) is 15.5. The summed E-state index contributed by atoms with van der Waals surface area (Å²) in [5.74, 6) is -0.154. The molecule has 0 atom stereocenters. The Balaban J connectivity index is 0.00000180. The number of hydrogen-bond acceptors (Lipinski definition) is 3. The number of amides is 2. The smallest absolute Gasteiger partial charge is 0.251 e. The molecule has 1 aromatic rings. The lowest BCUT2D eigenvalue weighted by atomic mass is 10.2. The van der Waals surface area contributed by atoms with Crippen molar-refractivity contribution in [2.45, 2.75) is 18.9 Å². The number of anilines is 1. The van der Waals surface area contributed by atoms with Crippen molar-refractivity contribution in [1.82, 2.24) is 10.6 Å². The van der Waals surface area contributed by atoms with Crippen LogP contribution in [-0.4, -0.2) is 31.4 Å². The maximum absolute atomic E-state index is 11.7. The second kappa shape index (κ2) is 7.11. The summed E-state index contributed by atoms with van der Waals surface area (Å²) in [5.41, 5.74) is 1.31. The van der Waals surface area contributed by atoms with Crippen molar-refractivity contribution >= 4 is 29.9 Å². The van der Waals surface area contributed by atoms with Crippen LogP contribution in [0.25, 0.3) is 0 Å². The fraction of sp³-hybridized carbons (Fsp3) is 0.385. The molecule has 0 aromatic heterocycles. The zero-order valence-corrected chi connectivity index (χ0v) is 11.5. The van der Waals surface area contributed by atoms with E-state index in [1.165, 1.54) is 0 Å². The highest BCUT2D eigenvalue weighted by atomic mass is 35.5. The molecule has 0 unspecified atom stereocenters. The average Bonchev–Trinajstić information content (AvgIpc) is 3.14. The van der Waals surface area contributed by atoms with E-state index < -0.39 is 0 Å². The average molecular weight is 284 g/mol. The minimum absolute atomic E-state index is 0. The summed E-state index contributed by atoms with van der Waals surface area (Å²) < 4.78 is 0. The molecule has 1 aliphatic carbocycles. The van der Waals surface area contributed by atoms with Crippen molar-refractivity contribution in [3.63, 3.8) is 0 Å². The first-order valence-electron chi connectivity index (χ1n) is 6.04. The molecule has 0 aliphatic heterocycles. The maximum Gasteiger partial charge on any atom is 0.251 e. The number of hydrogen-bond donors (Lipinski definition) is 3. The van der Waals surface area contributed by atoms with Gasteiger partial charge in [-0.15, -0.1) is 12.4 Å². The predicted molar refractivity (Wildman–Crippen MR) is 76.7 cm³/mol. The van der Waals surface area contributed by atoms with E-state index in [1.54, 1.807) is 31.3 Å². The molecule has 1 fully saturated rings. The second-order valence-electron chi connectivity index (χ2n) is 4.40. The van der Waals surface area contributed by atoms with Gasteiger partial charge in [0.25, 0.3) is 5.91 Å². The Labute approximate surface area is 118 Å². The van der Waals surface area contributed by atoms with Crippen LogP contribution in [0.4, 0.5) is 5.69 Å². The van der Waals surface area contributed by atoms with Gasteiger partial charge in [-0.05, 0) is 44.2 Å². The number of benzene rings is 1. The maximum atomic E-state index is 11.7. The van der Waals surface area contributed by atoms with Crippen molar-refractivity contribution < 1.29 is 9.59 Å². The standard InChI is InChI=1S/C13H17N3O2.ClH/c1-14-8-12(17)15-10-4-2-9(3-5-10)13(18)16-11-6-7-11;/h2-5,11,14H,6-8H2,1H3,(H,15,17)(H,16,18);1H. The van der Waals surface area contributed by atoms with Crippen molar-refractivity contribution in [2.24, 2.45) is 0 Å². The van der Waals surface area contributed by atoms with Crippen molar-refractivity contribution in [1.29, 1.82) is 0 Å². The molecule has 2 rings (SSSR count). The van der Waals surface area contributed by atoms with E-state index in [9.17, 15) is 9.59 Å². The zero-order valence-electron chi connectivity index (χ0n) is 10.7. The summed E-state index contributed by atoms with van der Waals surface area (Å²) in [6.45, 7) is 0.268. The van der Waals surface area contributed by atoms with Crippen molar-refractivity contribution in [2.75, 3.05) is 18.9 Å². The van der Waals surface area contributed by atoms with Gasteiger partial charge in [0.05, 0.1) is 6.54 Å². The first-order valence-corrected chi connectivity index (χ1v) is 6.04. The lowest BCUT2D eigenvalue weighted by Crippen LogP contribution is -2.26. The van der Waals surface area contributed by atoms with Crippen LogP contribution in [0.2, 0.25) is 0 Å². The van der Waals surface area contributed by atoms with Crippen LogP contribution in [0.5, 0.6) is 0 Å². The van der Waals surface area contributed by atoms with Crippen molar-refractivity contribution in [3.05, 3.63) is 29.8 Å². The largest absolute Gasteiger partial charge is 0.349 e. The number of carbonyl (C=O) groups is 2. The van der Waals surface area contributed by atoms with E-state index in [4.69, 9.17) is 0 Å². The van der Waals surface area contributed by atoms with Gasteiger partial charge in [0, 0.05) is 17.3 Å². The fourth-order valence-electron chi connectivity index (χ4n) is 1.57. The van der Waals surface area contributed by atoms with Crippen LogP contribution in [-0.2, 0) is 4.79 Å². The summed E-state index contributed by atoms with van der Waals surface area (Å²) in [4.78, 5) is 23.1. The minimum atomic E-state index is -0.104. The van der Waals surface area contributed by atoms with Gasteiger partial charge in [0.2, 0.25) is 5.91 Å². The molecule has 0 bridgehead atoms. The van der Waals surface area contributed by atoms with Crippen molar-refractivity contribution in [3.8, 4) is 0 Å². The van der Waals surface area contributed by atoms with Gasteiger partial charge in [-0.2, -0.15) is 0 Å². The van der Waals surface area contributed by atoms with Gasteiger partial charge in [-0.25, -0.2) is 0 Å². The van der Waals surface area contributed by atoms with E-state index in [0.29, 0.717) is 17.3 Å². The Morgan fingerprint density at radius 1 is 1.21 bits per heavy atom. The number of halogens is 1. The molecule has 1 saturated carbocycles. The van der Waals surface area contributed by atoms with Crippen LogP contribution < -0.4 is 16.0 Å². The molecular formula is C13H18ClN3O2. The summed E-state index contributed by atoms with van der Waals surface area (Å²) in [6.07, 6.45) is 2.15. The number of rotatable bonds is 5. The highest BCUT2D eigenvalue weighted by Crippen LogP contribution is 2.19. The SMILES string of the molecule is CNCC(=O)Nc1ccc(C(=O)NC2CC2)cc1.Cl. The molecular weight excluding hydrogens is 266 g/mol. The summed E-state index contributed by atoms with van der Waals surface area (Å²) in [6, 6.07) is 7.25. The van der Waals surface area contributed by atoms with Crippen LogP contribution >= 0.6 is 12.4 Å². The van der Waals surface area contributed by atoms with E-state index in [-0.39, 0.29) is 30.8 Å². The number of carbonyl (C=O) groups excluding carboxylic acids is 2. The zero-order chi connectivity index (χ0) is 13.0. The third kappa shape index (κ3) is 4.89. The van der Waals surface area contributed by atoms with Gasteiger partial charge in [0.1, 0.15) is 0 Å². The third-order valence-electron chi connectivity index (χ3n) is 2.68. The highest BCUT2D eigenvalue weighted by Gasteiger charge is 2.23. The molecule has 104 valence electrons. The molecule has 5 nitrogen and oxygen atoms in total. The molecule has 19 heavy (non-hydrogen) atoms. The second-order valence-corrected chi connectivity index (χ2v) is 4.40.